The van der Waals surface area contributed by atoms with E-state index in [1.165, 1.54) is 0 Å². The van der Waals surface area contributed by atoms with Crippen LogP contribution in [0.25, 0.3) is 0 Å². The number of methoxy groups -OCH3 is 1. The van der Waals surface area contributed by atoms with Gasteiger partial charge in [-0.2, -0.15) is 5.10 Å². The maximum atomic E-state index is 12.1. The first kappa shape index (κ1) is 16.6. The lowest BCUT2D eigenvalue weighted by Gasteiger charge is -2.16. The minimum Gasteiger partial charge on any atom is -0.493 e. The Labute approximate surface area is 145 Å². The zero-order chi connectivity index (χ0) is 17.5. The van der Waals surface area contributed by atoms with Crippen molar-refractivity contribution >= 4 is 5.91 Å². The number of furan rings is 1. The Kier molecular flexibility index (Phi) is 5.36. The third-order valence-corrected chi connectivity index (χ3v) is 3.64. The van der Waals surface area contributed by atoms with E-state index in [-0.39, 0.29) is 18.6 Å². The van der Waals surface area contributed by atoms with Crippen molar-refractivity contribution in [2.75, 3.05) is 20.3 Å². The number of carbonyl (C=O) groups is 1. The average molecular weight is 341 g/mol. The molecule has 1 N–H and O–H groups in total. The maximum Gasteiger partial charge on any atom is 0.258 e. The van der Waals surface area contributed by atoms with Crippen molar-refractivity contribution in [3.05, 3.63) is 66.9 Å². The molecule has 25 heavy (non-hydrogen) atoms. The van der Waals surface area contributed by atoms with Crippen LogP contribution in [-0.2, 0) is 4.79 Å². The van der Waals surface area contributed by atoms with Crippen molar-refractivity contribution in [2.45, 2.75) is 6.04 Å². The van der Waals surface area contributed by atoms with Gasteiger partial charge in [0.25, 0.3) is 5.91 Å². The zero-order valence-corrected chi connectivity index (χ0v) is 13.8. The molecule has 7 nitrogen and oxygen atoms in total. The molecular weight excluding hydrogens is 322 g/mol. The Morgan fingerprint density at radius 2 is 2.08 bits per heavy atom. The van der Waals surface area contributed by atoms with E-state index in [0.717, 1.165) is 5.76 Å². The molecule has 0 unspecified atom stereocenters. The van der Waals surface area contributed by atoms with Gasteiger partial charge < -0.3 is 19.2 Å². The van der Waals surface area contributed by atoms with Gasteiger partial charge in [0.15, 0.2) is 18.1 Å². The van der Waals surface area contributed by atoms with Crippen LogP contribution >= 0.6 is 0 Å². The predicted molar refractivity (Wildman–Crippen MR) is 90.6 cm³/mol. The van der Waals surface area contributed by atoms with Crippen molar-refractivity contribution in [3.8, 4) is 11.5 Å². The largest absolute Gasteiger partial charge is 0.493 e. The van der Waals surface area contributed by atoms with Crippen molar-refractivity contribution in [2.24, 2.45) is 0 Å². The number of nitrogens with one attached hydrogen (secondary N) is 1. The molecule has 0 spiro atoms. The summed E-state index contributed by atoms with van der Waals surface area (Å²) in [7, 11) is 1.56. The molecule has 0 radical (unpaired) electrons. The molecule has 130 valence electrons. The minimum atomic E-state index is -0.241. The second-order valence-corrected chi connectivity index (χ2v) is 5.26. The van der Waals surface area contributed by atoms with Crippen LogP contribution in [0.1, 0.15) is 11.8 Å². The first-order chi connectivity index (χ1) is 12.3. The summed E-state index contributed by atoms with van der Waals surface area (Å²) >= 11 is 0. The number of hydrogen-bond donors (Lipinski definition) is 1. The molecule has 0 aliphatic carbocycles. The molecule has 0 saturated carbocycles. The summed E-state index contributed by atoms with van der Waals surface area (Å²) < 4.78 is 17.9. The summed E-state index contributed by atoms with van der Waals surface area (Å²) in [5.41, 5.74) is 0. The quantitative estimate of drug-likeness (QED) is 0.680. The van der Waals surface area contributed by atoms with E-state index in [2.05, 4.69) is 10.4 Å². The molecule has 2 heterocycles. The first-order valence-electron chi connectivity index (χ1n) is 7.83. The van der Waals surface area contributed by atoms with Crippen LogP contribution in [0.3, 0.4) is 0 Å². The number of aromatic nitrogens is 2. The average Bonchev–Trinajstić information content (AvgIpc) is 3.35. The minimum absolute atomic E-state index is 0.107. The summed E-state index contributed by atoms with van der Waals surface area (Å²) in [6, 6.07) is 12.4. The van der Waals surface area contributed by atoms with Crippen LogP contribution in [0.2, 0.25) is 0 Å². The van der Waals surface area contributed by atoms with Crippen molar-refractivity contribution in [3.63, 3.8) is 0 Å². The molecule has 0 fully saturated rings. The highest BCUT2D eigenvalue weighted by Gasteiger charge is 2.18. The van der Waals surface area contributed by atoms with E-state index in [4.69, 9.17) is 13.9 Å². The highest BCUT2D eigenvalue weighted by atomic mass is 16.5. The van der Waals surface area contributed by atoms with Gasteiger partial charge in [0.2, 0.25) is 0 Å². The van der Waals surface area contributed by atoms with Crippen LogP contribution in [0, 0.1) is 0 Å². The number of amides is 1. The van der Waals surface area contributed by atoms with Crippen molar-refractivity contribution in [1.82, 2.24) is 15.1 Å². The van der Waals surface area contributed by atoms with E-state index in [9.17, 15) is 4.79 Å². The lowest BCUT2D eigenvalue weighted by molar-refractivity contribution is -0.123. The Morgan fingerprint density at radius 3 is 2.76 bits per heavy atom. The number of hydrogen-bond acceptors (Lipinski definition) is 5. The summed E-state index contributed by atoms with van der Waals surface area (Å²) in [6.45, 7) is 0.230. The van der Waals surface area contributed by atoms with E-state index in [1.807, 2.05) is 30.5 Å². The van der Waals surface area contributed by atoms with Gasteiger partial charge in [-0.1, -0.05) is 12.1 Å². The summed E-state index contributed by atoms with van der Waals surface area (Å²) in [4.78, 5) is 12.1. The molecule has 0 aliphatic rings. The van der Waals surface area contributed by atoms with Crippen LogP contribution < -0.4 is 14.8 Å². The number of benzene rings is 1. The summed E-state index contributed by atoms with van der Waals surface area (Å²) in [5, 5.41) is 7.07. The molecule has 3 aromatic rings. The first-order valence-corrected chi connectivity index (χ1v) is 7.83. The monoisotopic (exact) mass is 341 g/mol. The molecule has 3 rings (SSSR count). The number of carbonyl (C=O) groups excluding carboxylic acids is 1. The van der Waals surface area contributed by atoms with Crippen LogP contribution in [0.15, 0.2) is 65.5 Å². The molecule has 7 heteroatoms. The van der Waals surface area contributed by atoms with E-state index >= 15 is 0 Å². The van der Waals surface area contributed by atoms with E-state index < -0.39 is 0 Å². The fourth-order valence-corrected chi connectivity index (χ4v) is 2.41. The fraction of sp³-hybridized carbons (Fsp3) is 0.222. The molecule has 1 atom stereocenters. The Bertz CT molecular complexity index is 750. The lowest BCUT2D eigenvalue weighted by Crippen LogP contribution is -2.34. The highest BCUT2D eigenvalue weighted by molar-refractivity contribution is 5.77. The number of rotatable bonds is 8. The molecule has 2 aromatic heterocycles. The summed E-state index contributed by atoms with van der Waals surface area (Å²) in [6.07, 6.45) is 5.10. The Hall–Kier alpha value is -3.22. The van der Waals surface area contributed by atoms with Crippen LogP contribution in [0.4, 0.5) is 0 Å². The van der Waals surface area contributed by atoms with Gasteiger partial charge in [0.1, 0.15) is 11.8 Å². The smallest absolute Gasteiger partial charge is 0.258 e. The van der Waals surface area contributed by atoms with Gasteiger partial charge >= 0.3 is 0 Å². The zero-order valence-electron chi connectivity index (χ0n) is 13.8. The van der Waals surface area contributed by atoms with E-state index in [0.29, 0.717) is 18.0 Å². The molecule has 0 aliphatic heterocycles. The lowest BCUT2D eigenvalue weighted by atomic mass is 10.2. The molecule has 0 saturated heterocycles. The second-order valence-electron chi connectivity index (χ2n) is 5.26. The number of ether oxygens (including phenoxy) is 2. The third-order valence-electron chi connectivity index (χ3n) is 3.64. The number of para-hydroxylation sites is 2. The SMILES string of the molecule is COc1ccccc1OCC(=O)NC[C@H](c1ccco1)n1cccn1. The van der Waals surface area contributed by atoms with Crippen molar-refractivity contribution in [1.29, 1.82) is 0 Å². The fourth-order valence-electron chi connectivity index (χ4n) is 2.41. The Balaban J connectivity index is 1.57. The van der Waals surface area contributed by atoms with Gasteiger partial charge in [0, 0.05) is 18.9 Å². The van der Waals surface area contributed by atoms with Gasteiger partial charge in [-0.05, 0) is 30.3 Å². The third kappa shape index (κ3) is 4.20. The number of nitrogens with zero attached hydrogens (tertiary/aromatic N) is 2. The second kappa shape index (κ2) is 8.05. The van der Waals surface area contributed by atoms with Gasteiger partial charge in [-0.25, -0.2) is 0 Å². The molecule has 1 amide bonds. The van der Waals surface area contributed by atoms with Crippen molar-refractivity contribution < 1.29 is 18.7 Å². The molecular formula is C18H19N3O4. The highest BCUT2D eigenvalue weighted by Crippen LogP contribution is 2.25. The van der Waals surface area contributed by atoms with Gasteiger partial charge in [-0.3, -0.25) is 9.48 Å². The maximum absolute atomic E-state index is 12.1. The van der Waals surface area contributed by atoms with Crippen LogP contribution in [0.5, 0.6) is 11.5 Å². The van der Waals surface area contributed by atoms with Gasteiger partial charge in [-0.15, -0.1) is 0 Å². The Morgan fingerprint density at radius 1 is 1.24 bits per heavy atom. The summed E-state index contributed by atoms with van der Waals surface area (Å²) in [5.74, 6) is 1.58. The molecule has 0 bridgehead atoms. The predicted octanol–water partition coefficient (Wildman–Crippen LogP) is 2.27. The van der Waals surface area contributed by atoms with E-state index in [1.54, 1.807) is 42.5 Å². The topological polar surface area (TPSA) is 78.5 Å². The van der Waals surface area contributed by atoms with Crippen LogP contribution in [-0.4, -0.2) is 35.9 Å². The molecule has 1 aromatic carbocycles. The standard InChI is InChI=1S/C18H19N3O4/c1-23-16-6-2-3-7-17(16)25-13-18(22)19-12-14(15-8-4-11-24-15)21-10-5-9-20-21/h2-11,14H,12-13H2,1H3,(H,19,22)/t14-/m1/s1. The normalized spacial score (nSPS) is 11.7. The van der Waals surface area contributed by atoms with Gasteiger partial charge in [0.05, 0.1) is 13.4 Å².